The largest absolute Gasteiger partial charge is 0.477 e. The summed E-state index contributed by atoms with van der Waals surface area (Å²) in [5, 5.41) is 11.8. The highest BCUT2D eigenvalue weighted by Gasteiger charge is 2.05. The monoisotopic (exact) mass is 157 g/mol. The second kappa shape index (κ2) is 5.46. The van der Waals surface area contributed by atoms with Gasteiger partial charge in [0.1, 0.15) is 6.61 Å². The van der Waals surface area contributed by atoms with Crippen LogP contribution in [-0.2, 0) is 9.63 Å². The Hall–Kier alpha value is -1.32. The fourth-order valence-electron chi connectivity index (χ4n) is 0.423. The third-order valence-electron chi connectivity index (χ3n) is 0.949. The molecule has 0 radical (unpaired) electrons. The third-order valence-corrected chi connectivity index (χ3v) is 0.949. The molecule has 0 aromatic carbocycles. The van der Waals surface area contributed by atoms with Gasteiger partial charge in [-0.2, -0.15) is 0 Å². The fraction of sp³-hybridized carbons (Fsp3) is 0.429. The Morgan fingerprint density at radius 2 is 2.45 bits per heavy atom. The Labute approximate surface area is 65.2 Å². The maximum atomic E-state index is 10.3. The molecule has 0 saturated carbocycles. The standard InChI is InChI=1S/C7H11NO3/c1-3-5-11-8-6(4-2)7(9)10/h3H,1,4-5H2,2H3,(H,9,10)/b8-6-. The Morgan fingerprint density at radius 1 is 1.82 bits per heavy atom. The van der Waals surface area contributed by atoms with Crippen LogP contribution in [-0.4, -0.2) is 23.4 Å². The molecule has 0 bridgehead atoms. The molecule has 0 aromatic heterocycles. The van der Waals surface area contributed by atoms with E-state index in [1.54, 1.807) is 6.92 Å². The molecule has 0 heterocycles. The first kappa shape index (κ1) is 9.68. The molecule has 0 unspecified atom stereocenters. The molecule has 4 nitrogen and oxygen atoms in total. The number of hydrogen-bond donors (Lipinski definition) is 1. The molecule has 0 atom stereocenters. The number of nitrogens with zero attached hydrogens (tertiary/aromatic N) is 1. The number of carboxylic acid groups (broad SMARTS) is 1. The Kier molecular flexibility index (Phi) is 4.81. The van der Waals surface area contributed by atoms with E-state index < -0.39 is 5.97 Å². The van der Waals surface area contributed by atoms with Gasteiger partial charge in [-0.15, -0.1) is 0 Å². The first-order chi connectivity index (χ1) is 5.22. The minimum atomic E-state index is -1.04. The van der Waals surface area contributed by atoms with Crippen LogP contribution in [0.2, 0.25) is 0 Å². The molecule has 0 fully saturated rings. The zero-order valence-corrected chi connectivity index (χ0v) is 6.41. The molecule has 0 saturated heterocycles. The summed E-state index contributed by atoms with van der Waals surface area (Å²) in [4.78, 5) is 14.9. The van der Waals surface area contributed by atoms with Gasteiger partial charge >= 0.3 is 5.97 Å². The SMILES string of the molecule is C=CCO/N=C(/CC)C(=O)O. The van der Waals surface area contributed by atoms with Crippen LogP contribution in [0.4, 0.5) is 0 Å². The first-order valence-corrected chi connectivity index (χ1v) is 3.25. The molecule has 0 aromatic rings. The quantitative estimate of drug-likeness (QED) is 0.281. The van der Waals surface area contributed by atoms with Gasteiger partial charge in [-0.1, -0.05) is 24.7 Å². The van der Waals surface area contributed by atoms with Gasteiger partial charge in [0.05, 0.1) is 0 Å². The van der Waals surface area contributed by atoms with Crippen molar-refractivity contribution in [1.82, 2.24) is 0 Å². The zero-order valence-electron chi connectivity index (χ0n) is 6.41. The second-order valence-electron chi connectivity index (χ2n) is 1.78. The van der Waals surface area contributed by atoms with Crippen molar-refractivity contribution in [2.45, 2.75) is 13.3 Å². The Balaban J connectivity index is 3.90. The molecule has 0 amide bonds. The van der Waals surface area contributed by atoms with Crippen molar-refractivity contribution in [1.29, 1.82) is 0 Å². The summed E-state index contributed by atoms with van der Waals surface area (Å²) in [6.07, 6.45) is 1.85. The van der Waals surface area contributed by atoms with E-state index in [9.17, 15) is 4.79 Å². The van der Waals surface area contributed by atoms with E-state index in [0.29, 0.717) is 6.42 Å². The van der Waals surface area contributed by atoms with Crippen LogP contribution in [0.5, 0.6) is 0 Å². The average Bonchev–Trinajstić information content (AvgIpc) is 1.97. The fourth-order valence-corrected chi connectivity index (χ4v) is 0.423. The summed E-state index contributed by atoms with van der Waals surface area (Å²) < 4.78 is 0. The normalized spacial score (nSPS) is 10.8. The molecule has 11 heavy (non-hydrogen) atoms. The summed E-state index contributed by atoms with van der Waals surface area (Å²) in [6, 6.07) is 0. The van der Waals surface area contributed by atoms with Gasteiger partial charge < -0.3 is 9.94 Å². The highest BCUT2D eigenvalue weighted by atomic mass is 16.6. The van der Waals surface area contributed by atoms with E-state index in [0.717, 1.165) is 0 Å². The average molecular weight is 157 g/mol. The van der Waals surface area contributed by atoms with Crippen LogP contribution in [0.3, 0.4) is 0 Å². The number of carbonyl (C=O) groups is 1. The van der Waals surface area contributed by atoms with E-state index >= 15 is 0 Å². The van der Waals surface area contributed by atoms with Gasteiger partial charge in [0, 0.05) is 0 Å². The lowest BCUT2D eigenvalue weighted by molar-refractivity contribution is -0.129. The predicted molar refractivity (Wildman–Crippen MR) is 41.5 cm³/mol. The summed E-state index contributed by atoms with van der Waals surface area (Å²) in [5.41, 5.74) is 0.0202. The molecule has 0 aliphatic rings. The van der Waals surface area contributed by atoms with Gasteiger partial charge in [-0.25, -0.2) is 4.79 Å². The highest BCUT2D eigenvalue weighted by Crippen LogP contribution is 1.88. The molecule has 0 aliphatic heterocycles. The molecular formula is C7H11NO3. The van der Waals surface area contributed by atoms with E-state index in [1.807, 2.05) is 0 Å². The van der Waals surface area contributed by atoms with Crippen molar-refractivity contribution in [3.8, 4) is 0 Å². The van der Waals surface area contributed by atoms with E-state index in [4.69, 9.17) is 5.11 Å². The van der Waals surface area contributed by atoms with Crippen molar-refractivity contribution in [2.75, 3.05) is 6.61 Å². The lowest BCUT2D eigenvalue weighted by Crippen LogP contribution is -2.11. The lowest BCUT2D eigenvalue weighted by Gasteiger charge is -1.95. The third kappa shape index (κ3) is 4.13. The number of aliphatic carboxylic acids is 1. The minimum absolute atomic E-state index is 0.0202. The number of hydrogen-bond acceptors (Lipinski definition) is 3. The second-order valence-corrected chi connectivity index (χ2v) is 1.78. The summed E-state index contributed by atoms with van der Waals surface area (Å²) in [5.74, 6) is -1.04. The molecule has 0 aliphatic carbocycles. The molecule has 1 N–H and O–H groups in total. The van der Waals surface area contributed by atoms with Gasteiger partial charge in [-0.3, -0.25) is 0 Å². The van der Waals surface area contributed by atoms with Crippen LogP contribution in [0, 0.1) is 0 Å². The highest BCUT2D eigenvalue weighted by molar-refractivity contribution is 6.35. The topological polar surface area (TPSA) is 58.9 Å². The van der Waals surface area contributed by atoms with Crippen LogP contribution in [0.1, 0.15) is 13.3 Å². The molecule has 4 heteroatoms. The first-order valence-electron chi connectivity index (χ1n) is 3.25. The van der Waals surface area contributed by atoms with Crippen LogP contribution >= 0.6 is 0 Å². The van der Waals surface area contributed by atoms with Crippen LogP contribution < -0.4 is 0 Å². The van der Waals surface area contributed by atoms with Crippen molar-refractivity contribution in [2.24, 2.45) is 5.16 Å². The van der Waals surface area contributed by atoms with Crippen molar-refractivity contribution < 1.29 is 14.7 Å². The summed E-state index contributed by atoms with van der Waals surface area (Å²) in [6.45, 7) is 5.32. The molecular weight excluding hydrogens is 146 g/mol. The maximum Gasteiger partial charge on any atom is 0.353 e. The zero-order chi connectivity index (χ0) is 8.69. The van der Waals surface area contributed by atoms with E-state index in [2.05, 4.69) is 16.6 Å². The Morgan fingerprint density at radius 3 is 2.82 bits per heavy atom. The molecule has 0 rings (SSSR count). The lowest BCUT2D eigenvalue weighted by atomic mass is 10.3. The maximum absolute atomic E-state index is 10.3. The van der Waals surface area contributed by atoms with E-state index in [-0.39, 0.29) is 12.3 Å². The molecule has 62 valence electrons. The smallest absolute Gasteiger partial charge is 0.353 e. The predicted octanol–water partition coefficient (Wildman–Crippen LogP) is 1.04. The van der Waals surface area contributed by atoms with Gasteiger partial charge in [-0.05, 0) is 6.42 Å². The number of oxime groups is 1. The van der Waals surface area contributed by atoms with Crippen molar-refractivity contribution in [3.05, 3.63) is 12.7 Å². The number of rotatable bonds is 5. The van der Waals surface area contributed by atoms with Crippen LogP contribution in [0.25, 0.3) is 0 Å². The van der Waals surface area contributed by atoms with Crippen molar-refractivity contribution in [3.63, 3.8) is 0 Å². The Bertz CT molecular complexity index is 175. The van der Waals surface area contributed by atoms with E-state index in [1.165, 1.54) is 6.08 Å². The van der Waals surface area contributed by atoms with Crippen molar-refractivity contribution >= 4 is 11.7 Å². The molecule has 0 spiro atoms. The van der Waals surface area contributed by atoms with Gasteiger partial charge in [0.2, 0.25) is 0 Å². The number of carboxylic acids is 1. The van der Waals surface area contributed by atoms with Gasteiger partial charge in [0.15, 0.2) is 5.71 Å². The minimum Gasteiger partial charge on any atom is -0.477 e. The van der Waals surface area contributed by atoms with Crippen LogP contribution in [0.15, 0.2) is 17.8 Å². The summed E-state index contributed by atoms with van der Waals surface area (Å²) >= 11 is 0. The van der Waals surface area contributed by atoms with Gasteiger partial charge in [0.25, 0.3) is 0 Å². The summed E-state index contributed by atoms with van der Waals surface area (Å²) in [7, 11) is 0.